The lowest BCUT2D eigenvalue weighted by Crippen LogP contribution is -2.46. The Hall–Kier alpha value is -1.06. The third kappa shape index (κ3) is 4.75. The number of hydrogen-bond acceptors (Lipinski definition) is 2. The number of carboxylic acids is 1. The zero-order valence-corrected chi connectivity index (χ0v) is 11.2. The topological polar surface area (TPSA) is 66.4 Å². The minimum absolute atomic E-state index is 0.0978. The maximum absolute atomic E-state index is 11.5. The number of carbonyl (C=O) groups is 2. The van der Waals surface area contributed by atoms with Gasteiger partial charge in [0.25, 0.3) is 0 Å². The molecule has 4 heteroatoms. The number of nitrogens with one attached hydrogen (secondary N) is 1. The minimum atomic E-state index is -1.07. The van der Waals surface area contributed by atoms with Gasteiger partial charge in [-0.25, -0.2) is 0 Å². The van der Waals surface area contributed by atoms with Crippen LogP contribution in [0, 0.1) is 10.8 Å². The first-order valence-electron chi connectivity index (χ1n) is 6.11. The highest BCUT2D eigenvalue weighted by Gasteiger charge is 2.38. The molecule has 0 saturated heterocycles. The van der Waals surface area contributed by atoms with Crippen LogP contribution < -0.4 is 5.32 Å². The lowest BCUT2D eigenvalue weighted by molar-refractivity contribution is -0.141. The van der Waals surface area contributed by atoms with E-state index in [1.54, 1.807) is 0 Å². The Bertz CT molecular complexity index is 305. The zero-order chi connectivity index (χ0) is 13.3. The second-order valence-corrected chi connectivity index (χ2v) is 6.75. The Labute approximate surface area is 103 Å². The molecule has 0 unspecified atom stereocenters. The van der Waals surface area contributed by atoms with Crippen molar-refractivity contribution in [1.82, 2.24) is 5.32 Å². The van der Waals surface area contributed by atoms with Gasteiger partial charge in [-0.05, 0) is 30.1 Å². The van der Waals surface area contributed by atoms with Gasteiger partial charge < -0.3 is 10.4 Å². The number of rotatable bonds is 3. The summed E-state index contributed by atoms with van der Waals surface area (Å²) in [6.07, 6.45) is 2.53. The maximum Gasteiger partial charge on any atom is 0.312 e. The smallest absolute Gasteiger partial charge is 0.312 e. The van der Waals surface area contributed by atoms with E-state index in [1.165, 1.54) is 0 Å². The summed E-state index contributed by atoms with van der Waals surface area (Å²) in [5, 5.41) is 11.4. The molecule has 4 nitrogen and oxygen atoms in total. The number of hydrogen-bond donors (Lipinski definition) is 2. The maximum atomic E-state index is 11.5. The van der Waals surface area contributed by atoms with Gasteiger partial charge in [0.2, 0.25) is 5.91 Å². The van der Waals surface area contributed by atoms with E-state index in [4.69, 9.17) is 5.11 Å². The van der Waals surface area contributed by atoms with Crippen LogP contribution in [0.2, 0.25) is 0 Å². The number of amides is 1. The predicted molar refractivity (Wildman–Crippen MR) is 65.6 cm³/mol. The van der Waals surface area contributed by atoms with E-state index in [-0.39, 0.29) is 22.8 Å². The Kier molecular flexibility index (Phi) is 3.84. The fourth-order valence-corrected chi connectivity index (χ4v) is 3.36. The molecular formula is C13H23NO3. The molecule has 2 N–H and O–H groups in total. The number of aliphatic carboxylic acids is 1. The summed E-state index contributed by atoms with van der Waals surface area (Å²) < 4.78 is 0. The molecular weight excluding hydrogens is 218 g/mol. The first-order chi connectivity index (χ1) is 7.60. The molecule has 0 aromatic rings. The highest BCUT2D eigenvalue weighted by molar-refractivity contribution is 5.93. The largest absolute Gasteiger partial charge is 0.481 e. The molecule has 1 amide bonds. The van der Waals surface area contributed by atoms with E-state index in [0.29, 0.717) is 0 Å². The predicted octanol–water partition coefficient (Wildman–Crippen LogP) is 2.18. The summed E-state index contributed by atoms with van der Waals surface area (Å²) in [5.41, 5.74) is 0.395. The lowest BCUT2D eigenvalue weighted by Gasteiger charge is -2.45. The molecule has 0 aromatic carbocycles. The summed E-state index contributed by atoms with van der Waals surface area (Å²) in [7, 11) is 0. The second-order valence-electron chi connectivity index (χ2n) is 6.75. The first-order valence-corrected chi connectivity index (χ1v) is 6.11. The zero-order valence-electron chi connectivity index (χ0n) is 11.2. The van der Waals surface area contributed by atoms with Crippen LogP contribution in [0.15, 0.2) is 0 Å². The fourth-order valence-electron chi connectivity index (χ4n) is 3.36. The van der Waals surface area contributed by atoms with E-state index in [2.05, 4.69) is 33.0 Å². The van der Waals surface area contributed by atoms with Gasteiger partial charge in [-0.15, -0.1) is 0 Å². The molecule has 0 aromatic heterocycles. The highest BCUT2D eigenvalue weighted by atomic mass is 16.4. The SMILES string of the molecule is CC1(C)CC(NC(=O)CC(=O)O)CC(C)(C)C1. The quantitative estimate of drug-likeness (QED) is 0.744. The third-order valence-electron chi connectivity index (χ3n) is 3.23. The first kappa shape index (κ1) is 14.0. The van der Waals surface area contributed by atoms with Crippen LogP contribution in [-0.2, 0) is 9.59 Å². The van der Waals surface area contributed by atoms with E-state index < -0.39 is 12.4 Å². The Balaban J connectivity index is 2.59. The van der Waals surface area contributed by atoms with Crippen molar-refractivity contribution in [2.24, 2.45) is 10.8 Å². The van der Waals surface area contributed by atoms with E-state index in [1.807, 2.05) is 0 Å². The van der Waals surface area contributed by atoms with Crippen LogP contribution in [0.5, 0.6) is 0 Å². The molecule has 1 aliphatic carbocycles. The summed E-state index contributed by atoms with van der Waals surface area (Å²) in [5.74, 6) is -1.45. The summed E-state index contributed by atoms with van der Waals surface area (Å²) in [6.45, 7) is 8.79. The van der Waals surface area contributed by atoms with Crippen LogP contribution in [0.25, 0.3) is 0 Å². The Morgan fingerprint density at radius 2 is 1.65 bits per heavy atom. The van der Waals surface area contributed by atoms with Gasteiger partial charge >= 0.3 is 5.97 Å². The van der Waals surface area contributed by atoms with Gasteiger partial charge in [-0.1, -0.05) is 27.7 Å². The van der Waals surface area contributed by atoms with Gasteiger partial charge in [0.15, 0.2) is 0 Å². The van der Waals surface area contributed by atoms with Gasteiger partial charge in [0.1, 0.15) is 6.42 Å². The third-order valence-corrected chi connectivity index (χ3v) is 3.23. The molecule has 17 heavy (non-hydrogen) atoms. The minimum Gasteiger partial charge on any atom is -0.481 e. The van der Waals surface area contributed by atoms with Crippen molar-refractivity contribution in [1.29, 1.82) is 0 Å². The van der Waals surface area contributed by atoms with Gasteiger partial charge in [0.05, 0.1) is 0 Å². The van der Waals surface area contributed by atoms with Crippen molar-refractivity contribution in [2.75, 3.05) is 0 Å². The van der Waals surface area contributed by atoms with Crippen LogP contribution in [-0.4, -0.2) is 23.0 Å². The molecule has 1 saturated carbocycles. The van der Waals surface area contributed by atoms with Crippen LogP contribution in [0.1, 0.15) is 53.4 Å². The van der Waals surface area contributed by atoms with E-state index >= 15 is 0 Å². The van der Waals surface area contributed by atoms with Gasteiger partial charge in [-0.2, -0.15) is 0 Å². The molecule has 1 fully saturated rings. The van der Waals surface area contributed by atoms with E-state index in [0.717, 1.165) is 19.3 Å². The van der Waals surface area contributed by atoms with Crippen molar-refractivity contribution in [3.63, 3.8) is 0 Å². The average molecular weight is 241 g/mol. The number of carboxylic acid groups (broad SMARTS) is 1. The number of carbonyl (C=O) groups excluding carboxylic acids is 1. The summed E-state index contributed by atoms with van der Waals surface area (Å²) in [4.78, 5) is 21.9. The standard InChI is InChI=1S/C13H23NO3/c1-12(2)6-9(7-13(3,4)8-12)14-10(15)5-11(16)17/h9H,5-8H2,1-4H3,(H,14,15)(H,16,17). The molecule has 0 spiro atoms. The van der Waals surface area contributed by atoms with Gasteiger partial charge in [0, 0.05) is 6.04 Å². The lowest BCUT2D eigenvalue weighted by atomic mass is 9.63. The second kappa shape index (κ2) is 4.67. The molecule has 0 atom stereocenters. The molecule has 1 rings (SSSR count). The van der Waals surface area contributed by atoms with Crippen molar-refractivity contribution < 1.29 is 14.7 Å². The molecule has 0 aliphatic heterocycles. The molecule has 98 valence electrons. The van der Waals surface area contributed by atoms with Crippen molar-refractivity contribution in [3.8, 4) is 0 Å². The average Bonchev–Trinajstić information content (AvgIpc) is 1.93. The van der Waals surface area contributed by atoms with Crippen LogP contribution in [0.4, 0.5) is 0 Å². The fraction of sp³-hybridized carbons (Fsp3) is 0.846. The van der Waals surface area contributed by atoms with Crippen molar-refractivity contribution in [3.05, 3.63) is 0 Å². The monoisotopic (exact) mass is 241 g/mol. The molecule has 0 heterocycles. The highest BCUT2D eigenvalue weighted by Crippen LogP contribution is 2.45. The van der Waals surface area contributed by atoms with Crippen LogP contribution in [0.3, 0.4) is 0 Å². The molecule has 0 radical (unpaired) electrons. The Morgan fingerprint density at radius 1 is 1.18 bits per heavy atom. The van der Waals surface area contributed by atoms with E-state index in [9.17, 15) is 9.59 Å². The van der Waals surface area contributed by atoms with Crippen molar-refractivity contribution in [2.45, 2.75) is 59.4 Å². The Morgan fingerprint density at radius 3 is 2.06 bits per heavy atom. The summed E-state index contributed by atoms with van der Waals surface area (Å²) >= 11 is 0. The normalized spacial score (nSPS) is 23.1. The van der Waals surface area contributed by atoms with Crippen LogP contribution >= 0.6 is 0 Å². The van der Waals surface area contributed by atoms with Gasteiger partial charge in [-0.3, -0.25) is 9.59 Å². The molecule has 1 aliphatic rings. The van der Waals surface area contributed by atoms with Crippen molar-refractivity contribution >= 4 is 11.9 Å². The summed E-state index contributed by atoms with van der Waals surface area (Å²) in [6, 6.07) is 0.0978. The molecule has 0 bridgehead atoms.